The Hall–Kier alpha value is -6.38. The lowest BCUT2D eigenvalue weighted by atomic mass is 9.95. The fourth-order valence-electron chi connectivity index (χ4n) is 5.60. The maximum absolute atomic E-state index is 9.72. The number of rotatable bonds is 6. The van der Waals surface area contributed by atoms with E-state index in [9.17, 15) is 10.5 Å². The molecule has 44 heavy (non-hydrogen) atoms. The van der Waals surface area contributed by atoms with Crippen molar-refractivity contribution in [3.8, 4) is 52.0 Å². The summed E-state index contributed by atoms with van der Waals surface area (Å²) in [6.07, 6.45) is 5.22. The zero-order valence-electron chi connectivity index (χ0n) is 23.9. The van der Waals surface area contributed by atoms with Crippen LogP contribution in [0.5, 0.6) is 17.2 Å². The van der Waals surface area contributed by atoms with Crippen LogP contribution >= 0.6 is 0 Å². The molecule has 0 bridgehead atoms. The lowest BCUT2D eigenvalue weighted by Crippen LogP contribution is -1.98. The van der Waals surface area contributed by atoms with Crippen molar-refractivity contribution in [2.75, 3.05) is 7.11 Å². The highest BCUT2D eigenvalue weighted by molar-refractivity contribution is 6.09. The van der Waals surface area contributed by atoms with Crippen LogP contribution < -0.4 is 9.47 Å². The number of pyridine rings is 1. The van der Waals surface area contributed by atoms with Gasteiger partial charge in [0.25, 0.3) is 0 Å². The number of nitriles is 2. The number of hydrogen-bond donors (Lipinski definition) is 0. The number of fused-ring (bicyclic) bond motifs is 3. The molecule has 0 spiro atoms. The van der Waals surface area contributed by atoms with E-state index in [2.05, 4.69) is 45.0 Å². The second-order valence-corrected chi connectivity index (χ2v) is 10.3. The summed E-state index contributed by atoms with van der Waals surface area (Å²) in [5.41, 5.74) is 5.76. The first kappa shape index (κ1) is 26.5. The van der Waals surface area contributed by atoms with Crippen LogP contribution in [-0.2, 0) is 0 Å². The number of nitrogens with zero attached hydrogens (tertiary/aromatic N) is 6. The van der Waals surface area contributed by atoms with Gasteiger partial charge in [-0.3, -0.25) is 4.57 Å². The first-order valence-electron chi connectivity index (χ1n) is 13.9. The van der Waals surface area contributed by atoms with Crippen LogP contribution in [0.15, 0.2) is 110 Å². The Labute approximate surface area is 253 Å². The predicted molar refractivity (Wildman–Crippen MR) is 168 cm³/mol. The maximum atomic E-state index is 9.72. The molecule has 0 amide bonds. The summed E-state index contributed by atoms with van der Waals surface area (Å²) in [6, 6.07) is 33.6. The van der Waals surface area contributed by atoms with Gasteiger partial charge in [-0.05, 0) is 61.0 Å². The summed E-state index contributed by atoms with van der Waals surface area (Å²) in [6.45, 7) is 1.87. The number of methoxy groups -OCH3 is 1. The quantitative estimate of drug-likeness (QED) is 0.201. The molecule has 7 aromatic rings. The number of aryl methyl sites for hydroxylation is 1. The van der Waals surface area contributed by atoms with Crippen LogP contribution in [0.1, 0.15) is 16.7 Å². The van der Waals surface area contributed by atoms with Crippen LogP contribution in [0.25, 0.3) is 44.4 Å². The average molecular weight is 573 g/mol. The van der Waals surface area contributed by atoms with Gasteiger partial charge in [0, 0.05) is 52.5 Å². The van der Waals surface area contributed by atoms with Crippen LogP contribution in [0.2, 0.25) is 0 Å². The lowest BCUT2D eigenvalue weighted by molar-refractivity contribution is 0.414. The molecule has 4 aromatic carbocycles. The van der Waals surface area contributed by atoms with Crippen molar-refractivity contribution in [2.45, 2.75) is 6.92 Å². The first-order chi connectivity index (χ1) is 21.6. The standard InChI is InChI=1S/C36H24N6O2/c1-23-14-24(19-37)36(25(15-23)20-38)26-21-40-41(22-26)27-6-5-7-29(16-27)44-30-10-11-32-31-8-3-4-9-33(31)42(34(32)17-30)35-18-28(43-2)12-13-39-35/h3-18,21-22H,1-2H3. The topological polar surface area (TPSA) is 102 Å². The molecule has 0 saturated heterocycles. The van der Waals surface area contributed by atoms with E-state index in [1.165, 1.54) is 0 Å². The van der Waals surface area contributed by atoms with Gasteiger partial charge in [0.1, 0.15) is 23.1 Å². The highest BCUT2D eigenvalue weighted by Crippen LogP contribution is 2.36. The molecule has 210 valence electrons. The second kappa shape index (κ2) is 10.8. The van der Waals surface area contributed by atoms with Gasteiger partial charge in [-0.15, -0.1) is 0 Å². The largest absolute Gasteiger partial charge is 0.497 e. The number of para-hydroxylation sites is 1. The van der Waals surface area contributed by atoms with Gasteiger partial charge in [-0.25, -0.2) is 9.67 Å². The second-order valence-electron chi connectivity index (χ2n) is 10.3. The van der Waals surface area contributed by atoms with Gasteiger partial charge in [0.05, 0.1) is 53.3 Å². The van der Waals surface area contributed by atoms with Crippen molar-refractivity contribution >= 4 is 21.8 Å². The molecule has 3 aromatic heterocycles. The summed E-state index contributed by atoms with van der Waals surface area (Å²) in [5, 5.41) is 26.2. The minimum atomic E-state index is 0.440. The zero-order valence-corrected chi connectivity index (χ0v) is 23.9. The van der Waals surface area contributed by atoms with E-state index in [1.807, 2.05) is 73.8 Å². The molecular formula is C36H24N6O2. The maximum Gasteiger partial charge on any atom is 0.141 e. The molecule has 0 saturated carbocycles. The zero-order chi connectivity index (χ0) is 30.2. The fourth-order valence-corrected chi connectivity index (χ4v) is 5.60. The van der Waals surface area contributed by atoms with Crippen LogP contribution in [0.4, 0.5) is 0 Å². The molecule has 0 aliphatic heterocycles. The van der Waals surface area contributed by atoms with E-state index in [4.69, 9.17) is 9.47 Å². The molecule has 0 fully saturated rings. The summed E-state index contributed by atoms with van der Waals surface area (Å²) in [5.74, 6) is 2.77. The number of ether oxygens (including phenoxy) is 2. The van der Waals surface area contributed by atoms with E-state index in [-0.39, 0.29) is 0 Å². The van der Waals surface area contributed by atoms with Crippen LogP contribution in [-0.4, -0.2) is 26.4 Å². The van der Waals surface area contributed by atoms with E-state index in [1.54, 1.807) is 36.3 Å². The van der Waals surface area contributed by atoms with Gasteiger partial charge in [0.2, 0.25) is 0 Å². The SMILES string of the molecule is COc1ccnc(-n2c3ccccc3c3ccc(Oc4cccc(-n5cc(-c6c(C#N)cc(C)cc6C#N)cn5)c4)cc32)c1. The molecule has 0 unspecified atom stereocenters. The Morgan fingerprint density at radius 2 is 1.52 bits per heavy atom. The number of aromatic nitrogens is 4. The van der Waals surface area contributed by atoms with Gasteiger partial charge >= 0.3 is 0 Å². The Bertz CT molecular complexity index is 2270. The average Bonchev–Trinajstić information content (AvgIpc) is 3.67. The summed E-state index contributed by atoms with van der Waals surface area (Å²) in [7, 11) is 1.64. The van der Waals surface area contributed by atoms with Crippen LogP contribution in [0.3, 0.4) is 0 Å². The molecular weight excluding hydrogens is 548 g/mol. The molecule has 0 N–H and O–H groups in total. The van der Waals surface area contributed by atoms with Crippen molar-refractivity contribution in [1.29, 1.82) is 10.5 Å². The third-order valence-corrected chi connectivity index (χ3v) is 7.54. The third-order valence-electron chi connectivity index (χ3n) is 7.54. The van der Waals surface area contributed by atoms with Crippen molar-refractivity contribution in [3.05, 3.63) is 126 Å². The fraction of sp³-hybridized carbons (Fsp3) is 0.0556. The smallest absolute Gasteiger partial charge is 0.141 e. The molecule has 0 aliphatic carbocycles. The molecule has 0 radical (unpaired) electrons. The van der Waals surface area contributed by atoms with Gasteiger partial charge < -0.3 is 9.47 Å². The Morgan fingerprint density at radius 1 is 0.750 bits per heavy atom. The van der Waals surface area contributed by atoms with Crippen molar-refractivity contribution in [2.24, 2.45) is 0 Å². The third kappa shape index (κ3) is 4.57. The minimum Gasteiger partial charge on any atom is -0.497 e. The molecule has 0 atom stereocenters. The van der Waals surface area contributed by atoms with Crippen LogP contribution in [0, 0.1) is 29.6 Å². The molecule has 3 heterocycles. The Kier molecular flexibility index (Phi) is 6.50. The first-order valence-corrected chi connectivity index (χ1v) is 13.9. The highest BCUT2D eigenvalue weighted by atomic mass is 16.5. The van der Waals surface area contributed by atoms with Gasteiger partial charge in [-0.2, -0.15) is 15.6 Å². The molecule has 7 rings (SSSR count). The van der Waals surface area contributed by atoms with Gasteiger partial charge in [-0.1, -0.05) is 24.3 Å². The number of hydrogen-bond acceptors (Lipinski definition) is 6. The highest BCUT2D eigenvalue weighted by Gasteiger charge is 2.16. The van der Waals surface area contributed by atoms with Crippen molar-refractivity contribution in [1.82, 2.24) is 19.3 Å². The lowest BCUT2D eigenvalue weighted by Gasteiger charge is -2.11. The molecule has 8 heteroatoms. The summed E-state index contributed by atoms with van der Waals surface area (Å²) in [4.78, 5) is 4.64. The summed E-state index contributed by atoms with van der Waals surface area (Å²) < 4.78 is 15.7. The number of benzene rings is 4. The molecule has 0 aliphatic rings. The Balaban J connectivity index is 1.25. The normalized spacial score (nSPS) is 10.9. The van der Waals surface area contributed by atoms with Crippen molar-refractivity contribution in [3.63, 3.8) is 0 Å². The van der Waals surface area contributed by atoms with E-state index in [0.29, 0.717) is 33.8 Å². The molecule has 8 nitrogen and oxygen atoms in total. The Morgan fingerprint density at radius 3 is 2.32 bits per heavy atom. The monoisotopic (exact) mass is 572 g/mol. The van der Waals surface area contributed by atoms with E-state index in [0.717, 1.165) is 44.6 Å². The van der Waals surface area contributed by atoms with E-state index < -0.39 is 0 Å². The van der Waals surface area contributed by atoms with Gasteiger partial charge in [0.15, 0.2) is 0 Å². The summed E-state index contributed by atoms with van der Waals surface area (Å²) >= 11 is 0. The minimum absolute atomic E-state index is 0.440. The van der Waals surface area contributed by atoms with E-state index >= 15 is 0 Å². The predicted octanol–water partition coefficient (Wildman–Crippen LogP) is 7.88. The van der Waals surface area contributed by atoms with Crippen molar-refractivity contribution < 1.29 is 9.47 Å².